The minimum absolute atomic E-state index is 0.0129. The van der Waals surface area contributed by atoms with Crippen molar-refractivity contribution in [3.63, 3.8) is 0 Å². The molecule has 0 aliphatic carbocycles. The van der Waals surface area contributed by atoms with E-state index in [4.69, 9.17) is 4.74 Å². The van der Waals surface area contributed by atoms with Gasteiger partial charge >= 0.3 is 5.97 Å². The SMILES string of the molecule is CC(C)CCCC(C)NC(=O)COC(=O)c1ccc(N2C(=O)c3ccccc3C2=O)cc1. The highest BCUT2D eigenvalue weighted by Crippen LogP contribution is 2.28. The van der Waals surface area contributed by atoms with Gasteiger partial charge in [0.2, 0.25) is 0 Å². The number of carbonyl (C=O) groups is 4. The molecule has 168 valence electrons. The summed E-state index contributed by atoms with van der Waals surface area (Å²) in [6.45, 7) is 5.88. The number of fused-ring (bicyclic) bond motifs is 1. The van der Waals surface area contributed by atoms with Gasteiger partial charge in [-0.25, -0.2) is 9.69 Å². The van der Waals surface area contributed by atoms with Gasteiger partial charge in [0.25, 0.3) is 17.7 Å². The average Bonchev–Trinajstić information content (AvgIpc) is 3.02. The maximum absolute atomic E-state index is 12.6. The van der Waals surface area contributed by atoms with Crippen molar-refractivity contribution in [2.75, 3.05) is 11.5 Å². The molecule has 7 nitrogen and oxygen atoms in total. The first-order valence-corrected chi connectivity index (χ1v) is 10.8. The number of nitrogens with zero attached hydrogens (tertiary/aromatic N) is 1. The smallest absolute Gasteiger partial charge is 0.338 e. The normalized spacial score (nSPS) is 13.8. The topological polar surface area (TPSA) is 92.8 Å². The van der Waals surface area contributed by atoms with E-state index in [1.54, 1.807) is 24.3 Å². The van der Waals surface area contributed by atoms with Crippen LogP contribution in [0.4, 0.5) is 5.69 Å². The molecule has 7 heteroatoms. The minimum atomic E-state index is -0.651. The molecule has 0 spiro atoms. The van der Waals surface area contributed by atoms with Crippen molar-refractivity contribution in [1.82, 2.24) is 5.32 Å². The van der Waals surface area contributed by atoms with Crippen LogP contribution < -0.4 is 10.2 Å². The second kappa shape index (κ2) is 10.2. The van der Waals surface area contributed by atoms with Crippen molar-refractivity contribution in [2.45, 2.75) is 46.1 Å². The fourth-order valence-electron chi connectivity index (χ4n) is 3.61. The number of anilines is 1. The molecule has 1 heterocycles. The number of ether oxygens (including phenoxy) is 1. The number of hydrogen-bond acceptors (Lipinski definition) is 5. The molecular weight excluding hydrogens is 408 g/mol. The monoisotopic (exact) mass is 436 g/mol. The first-order chi connectivity index (χ1) is 15.3. The Hall–Kier alpha value is -3.48. The zero-order chi connectivity index (χ0) is 23.3. The van der Waals surface area contributed by atoms with Gasteiger partial charge in [0.1, 0.15) is 0 Å². The number of carbonyl (C=O) groups excluding carboxylic acids is 4. The number of rotatable bonds is 9. The van der Waals surface area contributed by atoms with Crippen molar-refractivity contribution in [3.05, 3.63) is 65.2 Å². The summed E-state index contributed by atoms with van der Waals surface area (Å²) in [5.41, 5.74) is 1.29. The van der Waals surface area contributed by atoms with Crippen LogP contribution >= 0.6 is 0 Å². The molecule has 0 aromatic heterocycles. The Morgan fingerprint density at radius 3 is 2.06 bits per heavy atom. The standard InChI is InChI=1S/C25H28N2O5/c1-16(2)7-6-8-17(3)26-22(28)15-32-25(31)18-11-13-19(14-12-18)27-23(29)20-9-4-5-10-21(20)24(27)30/h4-5,9-14,16-17H,6-8,15H2,1-3H3,(H,26,28). The molecule has 0 saturated carbocycles. The summed E-state index contributed by atoms with van der Waals surface area (Å²) in [7, 11) is 0. The summed E-state index contributed by atoms with van der Waals surface area (Å²) in [5.74, 6) is -1.18. The van der Waals surface area contributed by atoms with E-state index in [0.29, 0.717) is 22.7 Å². The lowest BCUT2D eigenvalue weighted by Crippen LogP contribution is -2.35. The largest absolute Gasteiger partial charge is 0.452 e. The van der Waals surface area contributed by atoms with Crippen molar-refractivity contribution in [1.29, 1.82) is 0 Å². The number of esters is 1. The highest BCUT2D eigenvalue weighted by Gasteiger charge is 2.36. The second-order valence-electron chi connectivity index (χ2n) is 8.41. The molecule has 1 unspecified atom stereocenters. The zero-order valence-electron chi connectivity index (χ0n) is 18.6. The van der Waals surface area contributed by atoms with Crippen LogP contribution in [0.3, 0.4) is 0 Å². The molecule has 2 aromatic rings. The molecule has 0 bridgehead atoms. The molecule has 1 aliphatic rings. The van der Waals surface area contributed by atoms with Crippen molar-refractivity contribution >= 4 is 29.4 Å². The lowest BCUT2D eigenvalue weighted by Gasteiger charge is -2.15. The molecule has 0 saturated heterocycles. The molecule has 0 fully saturated rings. The number of hydrogen-bond donors (Lipinski definition) is 1. The Bertz CT molecular complexity index is 978. The molecule has 1 N–H and O–H groups in total. The summed E-state index contributed by atoms with van der Waals surface area (Å²) in [5, 5.41) is 2.83. The van der Waals surface area contributed by atoms with Gasteiger partial charge in [-0.05, 0) is 55.7 Å². The Kier molecular flexibility index (Phi) is 7.41. The average molecular weight is 437 g/mol. The fourth-order valence-corrected chi connectivity index (χ4v) is 3.61. The van der Waals surface area contributed by atoms with Crippen LogP contribution in [0.1, 0.15) is 71.1 Å². The van der Waals surface area contributed by atoms with Crippen LogP contribution in [0.25, 0.3) is 0 Å². The molecule has 1 aliphatic heterocycles. The summed E-state index contributed by atoms with van der Waals surface area (Å²) in [6, 6.07) is 12.6. The lowest BCUT2D eigenvalue weighted by molar-refractivity contribution is -0.124. The summed E-state index contributed by atoms with van der Waals surface area (Å²) in [4.78, 5) is 50.5. The third kappa shape index (κ3) is 5.41. The number of nitrogens with one attached hydrogen (secondary N) is 1. The second-order valence-corrected chi connectivity index (χ2v) is 8.41. The lowest BCUT2D eigenvalue weighted by atomic mass is 10.0. The Morgan fingerprint density at radius 1 is 0.906 bits per heavy atom. The van der Waals surface area contributed by atoms with Crippen LogP contribution in [0, 0.1) is 5.92 Å². The zero-order valence-corrected chi connectivity index (χ0v) is 18.6. The van der Waals surface area contributed by atoms with E-state index < -0.39 is 17.8 Å². The van der Waals surface area contributed by atoms with Crippen molar-refractivity contribution in [2.24, 2.45) is 5.92 Å². The third-order valence-electron chi connectivity index (χ3n) is 5.32. The highest BCUT2D eigenvalue weighted by molar-refractivity contribution is 6.34. The van der Waals surface area contributed by atoms with Gasteiger partial charge in [-0.3, -0.25) is 14.4 Å². The quantitative estimate of drug-likeness (QED) is 0.474. The predicted molar refractivity (Wildman–Crippen MR) is 121 cm³/mol. The molecule has 3 rings (SSSR count). The van der Waals surface area contributed by atoms with Gasteiger partial charge in [0.05, 0.1) is 22.4 Å². The summed E-state index contributed by atoms with van der Waals surface area (Å²) >= 11 is 0. The summed E-state index contributed by atoms with van der Waals surface area (Å²) < 4.78 is 5.09. The van der Waals surface area contributed by atoms with Gasteiger partial charge in [-0.1, -0.05) is 38.8 Å². The predicted octanol–water partition coefficient (Wildman–Crippen LogP) is 3.98. The highest BCUT2D eigenvalue weighted by atomic mass is 16.5. The van der Waals surface area contributed by atoms with Gasteiger partial charge in [0, 0.05) is 6.04 Å². The van der Waals surface area contributed by atoms with Crippen LogP contribution in [0.15, 0.2) is 48.5 Å². The van der Waals surface area contributed by atoms with E-state index in [9.17, 15) is 19.2 Å². The van der Waals surface area contributed by atoms with E-state index in [2.05, 4.69) is 19.2 Å². The first-order valence-electron chi connectivity index (χ1n) is 10.8. The van der Waals surface area contributed by atoms with E-state index in [1.807, 2.05) is 6.92 Å². The molecule has 3 amide bonds. The number of amides is 3. The Balaban J connectivity index is 1.52. The molecule has 0 radical (unpaired) electrons. The van der Waals surface area contributed by atoms with Crippen LogP contribution in [-0.4, -0.2) is 36.3 Å². The maximum Gasteiger partial charge on any atom is 0.338 e. The summed E-state index contributed by atoms with van der Waals surface area (Å²) in [6.07, 6.45) is 3.00. The van der Waals surface area contributed by atoms with Gasteiger partial charge in [-0.15, -0.1) is 0 Å². The fraction of sp³-hybridized carbons (Fsp3) is 0.360. The van der Waals surface area contributed by atoms with E-state index in [1.165, 1.54) is 24.3 Å². The van der Waals surface area contributed by atoms with Crippen molar-refractivity contribution in [3.8, 4) is 0 Å². The van der Waals surface area contributed by atoms with Crippen LogP contribution in [0.5, 0.6) is 0 Å². The van der Waals surface area contributed by atoms with E-state index in [0.717, 1.165) is 24.2 Å². The number of imide groups is 1. The number of benzene rings is 2. The van der Waals surface area contributed by atoms with Crippen molar-refractivity contribution < 1.29 is 23.9 Å². The molecule has 1 atom stereocenters. The Morgan fingerprint density at radius 2 is 1.50 bits per heavy atom. The Labute approximate surface area is 187 Å². The van der Waals surface area contributed by atoms with Crippen LogP contribution in [-0.2, 0) is 9.53 Å². The maximum atomic E-state index is 12.6. The minimum Gasteiger partial charge on any atom is -0.452 e. The van der Waals surface area contributed by atoms with Gasteiger partial charge in [0.15, 0.2) is 6.61 Å². The van der Waals surface area contributed by atoms with E-state index >= 15 is 0 Å². The van der Waals surface area contributed by atoms with Gasteiger partial charge in [-0.2, -0.15) is 0 Å². The molecule has 2 aromatic carbocycles. The van der Waals surface area contributed by atoms with E-state index in [-0.39, 0.29) is 24.1 Å². The first kappa shape index (κ1) is 23.2. The molecule has 32 heavy (non-hydrogen) atoms. The van der Waals surface area contributed by atoms with Gasteiger partial charge < -0.3 is 10.1 Å². The van der Waals surface area contributed by atoms with Crippen LogP contribution in [0.2, 0.25) is 0 Å². The molecular formula is C25H28N2O5. The third-order valence-corrected chi connectivity index (χ3v) is 5.32.